The van der Waals surface area contributed by atoms with E-state index in [1.165, 1.54) is 32.1 Å². The van der Waals surface area contributed by atoms with Crippen LogP contribution in [0, 0.1) is 0 Å². The van der Waals surface area contributed by atoms with Crippen LogP contribution in [0.5, 0.6) is 5.75 Å². The number of benzene rings is 1. The van der Waals surface area contributed by atoms with Gasteiger partial charge in [0.1, 0.15) is 5.75 Å². The predicted molar refractivity (Wildman–Crippen MR) is 105 cm³/mol. The third-order valence-corrected chi connectivity index (χ3v) is 4.96. The maximum absolute atomic E-state index is 11.7. The van der Waals surface area contributed by atoms with Gasteiger partial charge in [0.05, 0.1) is 0 Å². The zero-order chi connectivity index (χ0) is 17.1. The van der Waals surface area contributed by atoms with Crippen LogP contribution in [0.15, 0.2) is 36.4 Å². The van der Waals surface area contributed by atoms with Crippen LogP contribution in [0.3, 0.4) is 0 Å². The Labute approximate surface area is 156 Å². The SMILES string of the molecule is C=C(C)C(=O)Oc1ccccc1CC(Br)CCCCCCCBr. The van der Waals surface area contributed by atoms with Crippen LogP contribution in [-0.2, 0) is 11.2 Å². The number of unbranched alkanes of at least 4 members (excludes halogenated alkanes) is 4. The lowest BCUT2D eigenvalue weighted by molar-refractivity contribution is -0.130. The van der Waals surface area contributed by atoms with E-state index in [0.717, 1.165) is 23.7 Å². The van der Waals surface area contributed by atoms with Crippen molar-refractivity contribution in [2.75, 3.05) is 5.33 Å². The summed E-state index contributed by atoms with van der Waals surface area (Å²) in [6.45, 7) is 5.29. The minimum absolute atomic E-state index is 0.365. The summed E-state index contributed by atoms with van der Waals surface area (Å²) in [6, 6.07) is 7.73. The lowest BCUT2D eigenvalue weighted by Crippen LogP contribution is -2.11. The number of ether oxygens (including phenoxy) is 1. The van der Waals surface area contributed by atoms with Gasteiger partial charge in [-0.1, -0.05) is 82.3 Å². The maximum Gasteiger partial charge on any atom is 0.338 e. The zero-order valence-electron chi connectivity index (χ0n) is 13.8. The van der Waals surface area contributed by atoms with Crippen LogP contribution in [0.1, 0.15) is 51.0 Å². The van der Waals surface area contributed by atoms with E-state index < -0.39 is 0 Å². The topological polar surface area (TPSA) is 26.3 Å². The Kier molecular flexibility index (Phi) is 10.5. The van der Waals surface area contributed by atoms with E-state index in [0.29, 0.717) is 16.1 Å². The summed E-state index contributed by atoms with van der Waals surface area (Å²) in [4.78, 5) is 12.1. The van der Waals surface area contributed by atoms with Gasteiger partial charge in [0, 0.05) is 15.7 Å². The highest BCUT2D eigenvalue weighted by Gasteiger charge is 2.13. The highest BCUT2D eigenvalue weighted by molar-refractivity contribution is 9.09. The van der Waals surface area contributed by atoms with Crippen molar-refractivity contribution in [3.05, 3.63) is 42.0 Å². The van der Waals surface area contributed by atoms with Gasteiger partial charge >= 0.3 is 5.97 Å². The Morgan fingerprint density at radius 3 is 2.52 bits per heavy atom. The first kappa shape index (κ1) is 20.4. The second-order valence-electron chi connectivity index (χ2n) is 5.82. The van der Waals surface area contributed by atoms with Crippen molar-refractivity contribution in [3.8, 4) is 5.75 Å². The number of para-hydroxylation sites is 1. The third-order valence-electron chi connectivity index (χ3n) is 3.62. The number of esters is 1. The van der Waals surface area contributed by atoms with Crippen LogP contribution in [0.2, 0.25) is 0 Å². The lowest BCUT2D eigenvalue weighted by Gasteiger charge is -2.13. The molecule has 4 heteroatoms. The molecule has 0 spiro atoms. The first-order valence-corrected chi connectivity index (χ1v) is 10.2. The minimum Gasteiger partial charge on any atom is -0.423 e. The molecule has 1 aromatic carbocycles. The molecule has 2 nitrogen and oxygen atoms in total. The molecule has 1 atom stereocenters. The number of carbonyl (C=O) groups is 1. The first-order chi connectivity index (χ1) is 11.0. The molecule has 23 heavy (non-hydrogen) atoms. The average molecular weight is 446 g/mol. The average Bonchev–Trinajstić information content (AvgIpc) is 2.52. The fourth-order valence-corrected chi connectivity index (χ4v) is 3.36. The molecule has 1 aromatic rings. The van der Waals surface area contributed by atoms with Gasteiger partial charge in [-0.15, -0.1) is 0 Å². The van der Waals surface area contributed by atoms with Gasteiger partial charge in [-0.25, -0.2) is 4.79 Å². The van der Waals surface area contributed by atoms with E-state index >= 15 is 0 Å². The monoisotopic (exact) mass is 444 g/mol. The highest BCUT2D eigenvalue weighted by Crippen LogP contribution is 2.25. The van der Waals surface area contributed by atoms with E-state index in [2.05, 4.69) is 38.4 Å². The largest absolute Gasteiger partial charge is 0.423 e. The lowest BCUT2D eigenvalue weighted by atomic mass is 10.0. The Hall–Kier alpha value is -0.610. The predicted octanol–water partition coefficient (Wildman–Crippen LogP) is 6.21. The van der Waals surface area contributed by atoms with Gasteiger partial charge in [-0.05, 0) is 37.8 Å². The Bertz CT molecular complexity index is 500. The molecule has 1 unspecified atom stereocenters. The summed E-state index contributed by atoms with van der Waals surface area (Å²) in [5.74, 6) is 0.276. The number of alkyl halides is 2. The van der Waals surface area contributed by atoms with E-state index in [1.807, 2.05) is 24.3 Å². The van der Waals surface area contributed by atoms with Crippen LogP contribution >= 0.6 is 31.9 Å². The van der Waals surface area contributed by atoms with Gasteiger partial charge in [0.25, 0.3) is 0 Å². The number of hydrogen-bond acceptors (Lipinski definition) is 2. The summed E-state index contributed by atoms with van der Waals surface area (Å²) in [5, 5.41) is 1.10. The van der Waals surface area contributed by atoms with Crippen molar-refractivity contribution < 1.29 is 9.53 Å². The molecule has 0 amide bonds. The molecular formula is C19H26Br2O2. The molecule has 0 heterocycles. The molecule has 0 aliphatic carbocycles. The zero-order valence-corrected chi connectivity index (χ0v) is 17.0. The smallest absolute Gasteiger partial charge is 0.338 e. The van der Waals surface area contributed by atoms with Crippen LogP contribution in [-0.4, -0.2) is 16.1 Å². The van der Waals surface area contributed by atoms with E-state index in [4.69, 9.17) is 4.74 Å². The molecule has 0 aliphatic heterocycles. The molecule has 0 radical (unpaired) electrons. The molecule has 0 saturated heterocycles. The second-order valence-corrected chi connectivity index (χ2v) is 7.91. The molecule has 0 N–H and O–H groups in total. The minimum atomic E-state index is -0.365. The number of halogens is 2. The summed E-state index contributed by atoms with van der Waals surface area (Å²) < 4.78 is 5.41. The molecule has 0 fully saturated rings. The highest BCUT2D eigenvalue weighted by atomic mass is 79.9. The van der Waals surface area contributed by atoms with Crippen molar-refractivity contribution in [2.45, 2.75) is 56.7 Å². The first-order valence-electron chi connectivity index (χ1n) is 8.20. The van der Waals surface area contributed by atoms with Crippen molar-refractivity contribution in [1.82, 2.24) is 0 Å². The molecular weight excluding hydrogens is 420 g/mol. The van der Waals surface area contributed by atoms with Gasteiger partial charge in [0.2, 0.25) is 0 Å². The van der Waals surface area contributed by atoms with Gasteiger partial charge < -0.3 is 4.74 Å². The Balaban J connectivity index is 2.43. The summed E-state index contributed by atoms with van der Waals surface area (Å²) in [7, 11) is 0. The van der Waals surface area contributed by atoms with Gasteiger partial charge in [-0.2, -0.15) is 0 Å². The standard InChI is InChI=1S/C19H26Br2O2/c1-15(2)19(22)23-18-12-8-7-10-16(18)14-17(21)11-6-4-3-5-9-13-20/h7-8,10,12,17H,1,3-6,9,11,13-14H2,2H3. The van der Waals surface area contributed by atoms with Crippen LogP contribution in [0.4, 0.5) is 0 Å². The van der Waals surface area contributed by atoms with Gasteiger partial charge in [-0.3, -0.25) is 0 Å². The molecule has 128 valence electrons. The Morgan fingerprint density at radius 1 is 1.17 bits per heavy atom. The number of rotatable bonds is 11. The van der Waals surface area contributed by atoms with Crippen molar-refractivity contribution in [1.29, 1.82) is 0 Å². The normalized spacial score (nSPS) is 12.0. The fourth-order valence-electron chi connectivity index (χ4n) is 2.29. The van der Waals surface area contributed by atoms with E-state index in [-0.39, 0.29) is 5.97 Å². The van der Waals surface area contributed by atoms with Crippen LogP contribution < -0.4 is 4.74 Å². The number of carbonyl (C=O) groups excluding carboxylic acids is 1. The second kappa shape index (κ2) is 11.9. The molecule has 1 rings (SSSR count). The molecule has 0 aliphatic rings. The van der Waals surface area contributed by atoms with Crippen molar-refractivity contribution >= 4 is 37.8 Å². The van der Waals surface area contributed by atoms with Crippen molar-refractivity contribution in [3.63, 3.8) is 0 Å². The van der Waals surface area contributed by atoms with E-state index in [1.54, 1.807) is 6.92 Å². The quantitative estimate of drug-likeness (QED) is 0.133. The Morgan fingerprint density at radius 2 is 1.83 bits per heavy atom. The van der Waals surface area contributed by atoms with E-state index in [9.17, 15) is 4.79 Å². The summed E-state index contributed by atoms with van der Waals surface area (Å²) in [6.07, 6.45) is 8.38. The maximum atomic E-state index is 11.7. The third kappa shape index (κ3) is 8.71. The molecule has 0 saturated carbocycles. The fraction of sp³-hybridized carbons (Fsp3) is 0.526. The number of hydrogen-bond donors (Lipinski definition) is 0. The van der Waals surface area contributed by atoms with Crippen molar-refractivity contribution in [2.24, 2.45) is 0 Å². The van der Waals surface area contributed by atoms with Gasteiger partial charge in [0.15, 0.2) is 0 Å². The summed E-state index contributed by atoms with van der Waals surface area (Å²) >= 11 is 7.22. The van der Waals surface area contributed by atoms with Crippen LogP contribution in [0.25, 0.3) is 0 Å². The molecule has 0 bridgehead atoms. The molecule has 0 aromatic heterocycles. The summed E-state index contributed by atoms with van der Waals surface area (Å²) in [5.41, 5.74) is 1.47.